The Morgan fingerprint density at radius 1 is 1.15 bits per heavy atom. The number of hydrogen-bond acceptors (Lipinski definition) is 2. The summed E-state index contributed by atoms with van der Waals surface area (Å²) in [6, 6.07) is 6.20. The first kappa shape index (κ1) is 15.8. The average molecular weight is 295 g/mol. The molecule has 2 rings (SSSR count). The Labute approximate surface area is 128 Å². The molecule has 1 aliphatic rings. The molecule has 1 saturated heterocycles. The van der Waals surface area contributed by atoms with Crippen LogP contribution in [0.5, 0.6) is 0 Å². The number of nitrogens with zero attached hydrogens (tertiary/aromatic N) is 1. The predicted octanol–water partition coefficient (Wildman–Crippen LogP) is 4.30. The Morgan fingerprint density at radius 3 is 2.30 bits per heavy atom. The van der Waals surface area contributed by atoms with Gasteiger partial charge in [0, 0.05) is 16.6 Å². The van der Waals surface area contributed by atoms with Crippen molar-refractivity contribution >= 4 is 11.6 Å². The van der Waals surface area contributed by atoms with Gasteiger partial charge >= 0.3 is 0 Å². The molecule has 0 amide bonds. The Bertz CT molecular complexity index is 448. The van der Waals surface area contributed by atoms with Gasteiger partial charge in [-0.3, -0.25) is 4.90 Å². The van der Waals surface area contributed by atoms with Crippen molar-refractivity contribution in [3.05, 3.63) is 34.3 Å². The van der Waals surface area contributed by atoms with Gasteiger partial charge in [-0.25, -0.2) is 0 Å². The number of hydrogen-bond donors (Lipinski definition) is 1. The Morgan fingerprint density at radius 2 is 1.75 bits per heavy atom. The maximum absolute atomic E-state index is 6.57. The highest BCUT2D eigenvalue weighted by atomic mass is 35.5. The Kier molecular flexibility index (Phi) is 5.11. The minimum atomic E-state index is -0.0388. The largest absolute Gasteiger partial charge is 0.322 e. The van der Waals surface area contributed by atoms with Crippen molar-refractivity contribution in [3.8, 4) is 0 Å². The number of rotatable bonds is 3. The molecule has 0 radical (unpaired) electrons. The standard InChI is InChI=1S/C17H27ClN2/c1-13-8-9-14(12-15(13)18)16(19)17(2,3)20-10-6-4-5-7-11-20/h8-9,12,16H,4-7,10-11,19H2,1-3H3. The van der Waals surface area contributed by atoms with Crippen LogP contribution in [0.4, 0.5) is 0 Å². The lowest BCUT2D eigenvalue weighted by atomic mass is 9.87. The normalized spacial score (nSPS) is 19.6. The van der Waals surface area contributed by atoms with Crippen LogP contribution in [0.2, 0.25) is 5.02 Å². The van der Waals surface area contributed by atoms with E-state index in [1.54, 1.807) is 0 Å². The van der Waals surface area contributed by atoms with Crippen molar-refractivity contribution < 1.29 is 0 Å². The highest BCUT2D eigenvalue weighted by molar-refractivity contribution is 6.31. The van der Waals surface area contributed by atoms with E-state index in [0.29, 0.717) is 0 Å². The van der Waals surface area contributed by atoms with E-state index in [-0.39, 0.29) is 11.6 Å². The highest BCUT2D eigenvalue weighted by Gasteiger charge is 2.34. The molecular formula is C17H27ClN2. The number of halogens is 1. The van der Waals surface area contributed by atoms with Gasteiger partial charge in [-0.2, -0.15) is 0 Å². The summed E-state index contributed by atoms with van der Waals surface area (Å²) in [5, 5.41) is 0.810. The summed E-state index contributed by atoms with van der Waals surface area (Å²) in [6.07, 6.45) is 5.26. The first-order valence-corrected chi connectivity index (χ1v) is 8.07. The molecule has 20 heavy (non-hydrogen) atoms. The summed E-state index contributed by atoms with van der Waals surface area (Å²) in [5.41, 5.74) is 8.78. The van der Waals surface area contributed by atoms with E-state index >= 15 is 0 Å². The maximum Gasteiger partial charge on any atom is 0.0477 e. The smallest absolute Gasteiger partial charge is 0.0477 e. The molecule has 112 valence electrons. The number of nitrogens with two attached hydrogens (primary N) is 1. The Balaban J connectivity index is 2.20. The number of benzene rings is 1. The minimum Gasteiger partial charge on any atom is -0.322 e. The third-order valence-corrected chi connectivity index (χ3v) is 5.14. The first-order chi connectivity index (χ1) is 9.43. The molecule has 1 unspecified atom stereocenters. The Hall–Kier alpha value is -0.570. The topological polar surface area (TPSA) is 29.3 Å². The SMILES string of the molecule is Cc1ccc(C(N)C(C)(C)N2CCCCCC2)cc1Cl. The first-order valence-electron chi connectivity index (χ1n) is 7.69. The zero-order valence-electron chi connectivity index (χ0n) is 13.0. The molecule has 0 spiro atoms. The monoisotopic (exact) mass is 294 g/mol. The van der Waals surface area contributed by atoms with Gasteiger partial charge in [0.1, 0.15) is 0 Å². The number of likely N-dealkylation sites (tertiary alicyclic amines) is 1. The van der Waals surface area contributed by atoms with E-state index in [1.807, 2.05) is 13.0 Å². The number of aryl methyl sites for hydroxylation is 1. The summed E-state index contributed by atoms with van der Waals surface area (Å²) in [7, 11) is 0. The van der Waals surface area contributed by atoms with Crippen molar-refractivity contribution in [1.82, 2.24) is 4.90 Å². The third kappa shape index (κ3) is 3.36. The van der Waals surface area contributed by atoms with Crippen molar-refractivity contribution in [2.45, 2.75) is 58.0 Å². The van der Waals surface area contributed by atoms with Gasteiger partial charge in [0.05, 0.1) is 0 Å². The van der Waals surface area contributed by atoms with Crippen LogP contribution in [-0.2, 0) is 0 Å². The predicted molar refractivity (Wildman–Crippen MR) is 87.2 cm³/mol. The second kappa shape index (κ2) is 6.46. The molecule has 1 aliphatic heterocycles. The van der Waals surface area contributed by atoms with Crippen molar-refractivity contribution in [2.24, 2.45) is 5.73 Å². The van der Waals surface area contributed by atoms with E-state index in [2.05, 4.69) is 30.9 Å². The van der Waals surface area contributed by atoms with Crippen LogP contribution in [0, 0.1) is 6.92 Å². The highest BCUT2D eigenvalue weighted by Crippen LogP contribution is 2.32. The molecule has 3 heteroatoms. The summed E-state index contributed by atoms with van der Waals surface area (Å²) < 4.78 is 0. The van der Waals surface area contributed by atoms with Gasteiger partial charge in [-0.05, 0) is 63.9 Å². The summed E-state index contributed by atoms with van der Waals surface area (Å²) >= 11 is 6.25. The summed E-state index contributed by atoms with van der Waals surface area (Å²) in [6.45, 7) is 8.85. The van der Waals surface area contributed by atoms with E-state index in [9.17, 15) is 0 Å². The van der Waals surface area contributed by atoms with Gasteiger partial charge in [0.2, 0.25) is 0 Å². The lowest BCUT2D eigenvalue weighted by molar-refractivity contribution is 0.0980. The molecule has 2 nitrogen and oxygen atoms in total. The lowest BCUT2D eigenvalue weighted by Crippen LogP contribution is -2.51. The lowest BCUT2D eigenvalue weighted by Gasteiger charge is -2.42. The zero-order chi connectivity index (χ0) is 14.8. The van der Waals surface area contributed by atoms with Crippen molar-refractivity contribution in [3.63, 3.8) is 0 Å². The molecular weight excluding hydrogens is 268 g/mol. The van der Waals surface area contributed by atoms with Crippen LogP contribution < -0.4 is 5.73 Å². The van der Waals surface area contributed by atoms with Crippen LogP contribution in [0.1, 0.15) is 56.7 Å². The van der Waals surface area contributed by atoms with E-state index in [1.165, 1.54) is 25.7 Å². The van der Waals surface area contributed by atoms with Crippen molar-refractivity contribution in [1.29, 1.82) is 0 Å². The van der Waals surface area contributed by atoms with Gasteiger partial charge in [-0.15, -0.1) is 0 Å². The zero-order valence-corrected chi connectivity index (χ0v) is 13.7. The van der Waals surface area contributed by atoms with Crippen LogP contribution >= 0.6 is 11.6 Å². The molecule has 1 aromatic carbocycles. The quantitative estimate of drug-likeness (QED) is 0.900. The molecule has 1 atom stereocenters. The van der Waals surface area contributed by atoms with Crippen molar-refractivity contribution in [2.75, 3.05) is 13.1 Å². The van der Waals surface area contributed by atoms with Crippen LogP contribution in [0.25, 0.3) is 0 Å². The fourth-order valence-electron chi connectivity index (χ4n) is 3.05. The minimum absolute atomic E-state index is 0.0151. The molecule has 0 saturated carbocycles. The van der Waals surface area contributed by atoms with Gasteiger partial charge in [-0.1, -0.05) is 36.6 Å². The fourth-order valence-corrected chi connectivity index (χ4v) is 3.24. The summed E-state index contributed by atoms with van der Waals surface area (Å²) in [4.78, 5) is 2.55. The fraction of sp³-hybridized carbons (Fsp3) is 0.647. The molecule has 0 aliphatic carbocycles. The molecule has 2 N–H and O–H groups in total. The molecule has 0 aromatic heterocycles. The van der Waals surface area contributed by atoms with Gasteiger partial charge in [0.25, 0.3) is 0 Å². The van der Waals surface area contributed by atoms with E-state index in [0.717, 1.165) is 29.2 Å². The van der Waals surface area contributed by atoms with E-state index in [4.69, 9.17) is 17.3 Å². The molecule has 0 bridgehead atoms. The van der Waals surface area contributed by atoms with Crippen LogP contribution in [-0.4, -0.2) is 23.5 Å². The van der Waals surface area contributed by atoms with E-state index < -0.39 is 0 Å². The van der Waals surface area contributed by atoms with Gasteiger partial charge in [0.15, 0.2) is 0 Å². The van der Waals surface area contributed by atoms with Crippen LogP contribution in [0.15, 0.2) is 18.2 Å². The molecule has 1 heterocycles. The van der Waals surface area contributed by atoms with Gasteiger partial charge < -0.3 is 5.73 Å². The van der Waals surface area contributed by atoms with Crippen LogP contribution in [0.3, 0.4) is 0 Å². The molecule has 1 aromatic rings. The third-order valence-electron chi connectivity index (χ3n) is 4.74. The summed E-state index contributed by atoms with van der Waals surface area (Å²) in [5.74, 6) is 0. The molecule has 1 fully saturated rings. The average Bonchev–Trinajstić information content (AvgIpc) is 2.70. The second-order valence-corrected chi connectivity index (χ2v) is 6.95. The second-order valence-electron chi connectivity index (χ2n) is 6.54. The maximum atomic E-state index is 6.57.